The summed E-state index contributed by atoms with van der Waals surface area (Å²) in [6.45, 7) is 2.08. The number of rotatable bonds is 4. The minimum absolute atomic E-state index is 0.0273. The van der Waals surface area contributed by atoms with Crippen LogP contribution in [0.2, 0.25) is 0 Å². The molecule has 4 nitrogen and oxygen atoms in total. The zero-order valence-corrected chi connectivity index (χ0v) is 9.62. The van der Waals surface area contributed by atoms with Gasteiger partial charge in [0.2, 0.25) is 5.95 Å². The molecule has 0 unspecified atom stereocenters. The number of hydrogen-bond donors (Lipinski definition) is 1. The maximum atomic E-state index is 12.3. The van der Waals surface area contributed by atoms with E-state index >= 15 is 0 Å². The average Bonchev–Trinajstić information content (AvgIpc) is 2.24. The van der Waals surface area contributed by atoms with Crippen molar-refractivity contribution in [1.82, 2.24) is 9.97 Å². The Labute approximate surface area is 97.1 Å². The number of aromatic nitrogens is 2. The van der Waals surface area contributed by atoms with Gasteiger partial charge in [-0.15, -0.1) is 0 Å². The van der Waals surface area contributed by atoms with Crippen molar-refractivity contribution in [3.05, 3.63) is 17.5 Å². The molecule has 1 aromatic rings. The molecule has 0 aliphatic heterocycles. The molecule has 96 valence electrons. The third-order valence-electron chi connectivity index (χ3n) is 2.27. The highest BCUT2D eigenvalue weighted by Gasteiger charge is 2.31. The number of nitrogens with zero attached hydrogens (tertiary/aromatic N) is 3. The molecule has 0 amide bonds. The second kappa shape index (κ2) is 5.31. The topological polar surface area (TPSA) is 49.2 Å². The summed E-state index contributed by atoms with van der Waals surface area (Å²) < 4.78 is 36.9. The molecule has 0 fully saturated rings. The van der Waals surface area contributed by atoms with Crippen molar-refractivity contribution in [3.63, 3.8) is 0 Å². The molecule has 0 aliphatic carbocycles. The summed E-state index contributed by atoms with van der Waals surface area (Å²) in [5.41, 5.74) is 0.995. The van der Waals surface area contributed by atoms with E-state index in [1.165, 1.54) is 6.20 Å². The number of anilines is 1. The molecule has 0 aliphatic rings. The molecule has 0 atom stereocenters. The van der Waals surface area contributed by atoms with E-state index in [1.807, 2.05) is 0 Å². The van der Waals surface area contributed by atoms with E-state index in [2.05, 4.69) is 9.97 Å². The van der Waals surface area contributed by atoms with Crippen LogP contribution in [-0.4, -0.2) is 34.3 Å². The first kappa shape index (κ1) is 13.7. The SMILES string of the molecule is CCN(CC(F)(F)F)c1ncc(CO)c(C)n1. The summed E-state index contributed by atoms with van der Waals surface area (Å²) in [5.74, 6) is 0.0273. The molecule has 1 heterocycles. The van der Waals surface area contributed by atoms with Crippen molar-refractivity contribution >= 4 is 5.95 Å². The normalized spacial score (nSPS) is 11.6. The summed E-state index contributed by atoms with van der Waals surface area (Å²) in [6.07, 6.45) is -2.94. The Morgan fingerprint density at radius 1 is 1.41 bits per heavy atom. The number of halogens is 3. The monoisotopic (exact) mass is 249 g/mol. The molecule has 0 saturated carbocycles. The van der Waals surface area contributed by atoms with E-state index in [1.54, 1.807) is 13.8 Å². The molecule has 0 radical (unpaired) electrons. The Hall–Kier alpha value is -1.37. The lowest BCUT2D eigenvalue weighted by Crippen LogP contribution is -2.35. The summed E-state index contributed by atoms with van der Waals surface area (Å²) >= 11 is 0. The van der Waals surface area contributed by atoms with Gasteiger partial charge in [0.05, 0.1) is 6.61 Å². The van der Waals surface area contributed by atoms with Crippen LogP contribution < -0.4 is 4.90 Å². The molecule has 1 rings (SSSR count). The van der Waals surface area contributed by atoms with Crippen LogP contribution in [0, 0.1) is 6.92 Å². The fourth-order valence-electron chi connectivity index (χ4n) is 1.33. The van der Waals surface area contributed by atoms with Gasteiger partial charge in [-0.1, -0.05) is 0 Å². The standard InChI is InChI=1S/C10H14F3N3O/c1-3-16(6-10(11,12)13)9-14-4-8(5-17)7(2)15-9/h4,17H,3,5-6H2,1-2H3. The minimum Gasteiger partial charge on any atom is -0.392 e. The smallest absolute Gasteiger partial charge is 0.392 e. The van der Waals surface area contributed by atoms with Crippen LogP contribution in [0.4, 0.5) is 19.1 Å². The summed E-state index contributed by atoms with van der Waals surface area (Å²) in [6, 6.07) is 0. The maximum Gasteiger partial charge on any atom is 0.406 e. The van der Waals surface area contributed by atoms with Crippen LogP contribution in [0.1, 0.15) is 18.2 Å². The van der Waals surface area contributed by atoms with Crippen LogP contribution in [0.25, 0.3) is 0 Å². The van der Waals surface area contributed by atoms with Crippen LogP contribution >= 0.6 is 0 Å². The summed E-state index contributed by atoms with van der Waals surface area (Å²) in [7, 11) is 0. The first-order valence-electron chi connectivity index (χ1n) is 5.12. The number of hydrogen-bond acceptors (Lipinski definition) is 4. The van der Waals surface area contributed by atoms with Gasteiger partial charge in [0.25, 0.3) is 0 Å². The molecule has 7 heteroatoms. The molecule has 0 saturated heterocycles. The van der Waals surface area contributed by atoms with Crippen molar-refractivity contribution in [2.75, 3.05) is 18.0 Å². The van der Waals surface area contributed by atoms with Gasteiger partial charge in [-0.3, -0.25) is 0 Å². The second-order valence-electron chi connectivity index (χ2n) is 3.57. The Bertz CT molecular complexity index is 382. The second-order valence-corrected chi connectivity index (χ2v) is 3.57. The Morgan fingerprint density at radius 2 is 2.06 bits per heavy atom. The predicted octanol–water partition coefficient (Wildman–Crippen LogP) is 1.67. The number of aliphatic hydroxyl groups excluding tert-OH is 1. The van der Waals surface area contributed by atoms with Crippen LogP contribution in [0.5, 0.6) is 0 Å². The molecule has 0 spiro atoms. The summed E-state index contributed by atoms with van der Waals surface area (Å²) in [5, 5.41) is 8.92. The van der Waals surface area contributed by atoms with E-state index in [4.69, 9.17) is 5.11 Å². The van der Waals surface area contributed by atoms with Crippen molar-refractivity contribution < 1.29 is 18.3 Å². The largest absolute Gasteiger partial charge is 0.406 e. The Morgan fingerprint density at radius 3 is 2.47 bits per heavy atom. The van der Waals surface area contributed by atoms with Crippen LogP contribution in [0.15, 0.2) is 6.20 Å². The third-order valence-corrected chi connectivity index (χ3v) is 2.27. The van der Waals surface area contributed by atoms with Gasteiger partial charge in [-0.05, 0) is 13.8 Å². The van der Waals surface area contributed by atoms with Gasteiger partial charge in [-0.25, -0.2) is 9.97 Å². The highest BCUT2D eigenvalue weighted by molar-refractivity contribution is 5.32. The lowest BCUT2D eigenvalue weighted by atomic mass is 10.2. The average molecular weight is 249 g/mol. The number of aliphatic hydroxyl groups is 1. The van der Waals surface area contributed by atoms with Crippen molar-refractivity contribution in [2.24, 2.45) is 0 Å². The first-order chi connectivity index (χ1) is 7.87. The van der Waals surface area contributed by atoms with Gasteiger partial charge in [-0.2, -0.15) is 13.2 Å². The molecular weight excluding hydrogens is 235 g/mol. The Balaban J connectivity index is 2.93. The molecule has 0 aromatic carbocycles. The minimum atomic E-state index is -4.29. The van der Waals surface area contributed by atoms with E-state index in [-0.39, 0.29) is 19.1 Å². The van der Waals surface area contributed by atoms with E-state index in [9.17, 15) is 13.2 Å². The maximum absolute atomic E-state index is 12.3. The van der Waals surface area contributed by atoms with Gasteiger partial charge in [0.1, 0.15) is 6.54 Å². The van der Waals surface area contributed by atoms with Gasteiger partial charge in [0, 0.05) is 24.0 Å². The summed E-state index contributed by atoms with van der Waals surface area (Å²) in [4.78, 5) is 8.81. The van der Waals surface area contributed by atoms with Crippen LogP contribution in [-0.2, 0) is 6.61 Å². The molecular formula is C10H14F3N3O. The fourth-order valence-corrected chi connectivity index (χ4v) is 1.33. The highest BCUT2D eigenvalue weighted by atomic mass is 19.4. The Kier molecular flexibility index (Phi) is 4.28. The quantitative estimate of drug-likeness (QED) is 0.881. The van der Waals surface area contributed by atoms with Crippen molar-refractivity contribution in [2.45, 2.75) is 26.6 Å². The molecule has 1 N–H and O–H groups in total. The number of alkyl halides is 3. The van der Waals surface area contributed by atoms with Crippen molar-refractivity contribution in [1.29, 1.82) is 0 Å². The molecule has 0 bridgehead atoms. The van der Waals surface area contributed by atoms with Crippen LogP contribution in [0.3, 0.4) is 0 Å². The molecule has 17 heavy (non-hydrogen) atoms. The van der Waals surface area contributed by atoms with Crippen molar-refractivity contribution in [3.8, 4) is 0 Å². The fraction of sp³-hybridized carbons (Fsp3) is 0.600. The number of aryl methyl sites for hydroxylation is 1. The van der Waals surface area contributed by atoms with E-state index in [0.29, 0.717) is 11.3 Å². The lowest BCUT2D eigenvalue weighted by Gasteiger charge is -2.22. The van der Waals surface area contributed by atoms with E-state index in [0.717, 1.165) is 4.90 Å². The van der Waals surface area contributed by atoms with E-state index < -0.39 is 12.7 Å². The molecule has 1 aromatic heterocycles. The first-order valence-corrected chi connectivity index (χ1v) is 5.12. The van der Waals surface area contributed by atoms with Gasteiger partial charge in [0.15, 0.2) is 0 Å². The highest BCUT2D eigenvalue weighted by Crippen LogP contribution is 2.19. The third kappa shape index (κ3) is 3.85. The van der Waals surface area contributed by atoms with Gasteiger partial charge < -0.3 is 10.0 Å². The lowest BCUT2D eigenvalue weighted by molar-refractivity contribution is -0.119. The predicted molar refractivity (Wildman–Crippen MR) is 56.6 cm³/mol. The van der Waals surface area contributed by atoms with Gasteiger partial charge >= 0.3 is 6.18 Å². The zero-order valence-electron chi connectivity index (χ0n) is 9.62. The zero-order chi connectivity index (χ0) is 13.1.